The Balaban J connectivity index is 1.87. The van der Waals surface area contributed by atoms with E-state index in [1.165, 1.54) is 5.56 Å². The van der Waals surface area contributed by atoms with Crippen molar-refractivity contribution in [1.29, 1.82) is 0 Å². The number of rotatable bonds is 6. The van der Waals surface area contributed by atoms with E-state index in [1.54, 1.807) is 0 Å². The monoisotopic (exact) mass is 325 g/mol. The molecule has 0 spiro atoms. The van der Waals surface area contributed by atoms with Gasteiger partial charge in [0.15, 0.2) is 0 Å². The van der Waals surface area contributed by atoms with E-state index in [0.717, 1.165) is 30.4 Å². The number of benzene rings is 1. The lowest BCUT2D eigenvalue weighted by Crippen LogP contribution is -2.29. The highest BCUT2D eigenvalue weighted by Gasteiger charge is 2.43. The highest BCUT2D eigenvalue weighted by molar-refractivity contribution is 9.10. The van der Waals surface area contributed by atoms with Gasteiger partial charge in [0.25, 0.3) is 0 Å². The summed E-state index contributed by atoms with van der Waals surface area (Å²) in [7, 11) is 2.12. The lowest BCUT2D eigenvalue weighted by molar-refractivity contribution is 0.256. The first kappa shape index (κ1) is 14.3. The van der Waals surface area contributed by atoms with Crippen molar-refractivity contribution < 1.29 is 5.21 Å². The van der Waals surface area contributed by atoms with Crippen LogP contribution in [0.3, 0.4) is 0 Å². The van der Waals surface area contributed by atoms with Crippen molar-refractivity contribution in [2.75, 3.05) is 13.6 Å². The van der Waals surface area contributed by atoms with Crippen LogP contribution in [0.5, 0.6) is 0 Å². The Labute approximate surface area is 122 Å². The van der Waals surface area contributed by atoms with E-state index in [9.17, 15) is 0 Å². The van der Waals surface area contributed by atoms with Crippen molar-refractivity contribution >= 4 is 21.8 Å². The Morgan fingerprint density at radius 2 is 2.05 bits per heavy atom. The summed E-state index contributed by atoms with van der Waals surface area (Å²) < 4.78 is 1.10. The second-order valence-electron chi connectivity index (χ2n) is 5.57. The van der Waals surface area contributed by atoms with E-state index in [-0.39, 0.29) is 5.41 Å². The van der Waals surface area contributed by atoms with Gasteiger partial charge in [-0.2, -0.15) is 0 Å². The van der Waals surface area contributed by atoms with Crippen LogP contribution < -0.4 is 5.73 Å². The zero-order chi connectivity index (χ0) is 13.9. The molecule has 2 rings (SSSR count). The fourth-order valence-electron chi connectivity index (χ4n) is 2.52. The van der Waals surface area contributed by atoms with Gasteiger partial charge in [0.05, 0.1) is 0 Å². The van der Waals surface area contributed by atoms with E-state index in [1.807, 2.05) is 0 Å². The summed E-state index contributed by atoms with van der Waals surface area (Å²) in [6.07, 6.45) is 3.01. The van der Waals surface area contributed by atoms with E-state index in [4.69, 9.17) is 10.9 Å². The summed E-state index contributed by atoms with van der Waals surface area (Å²) in [6.45, 7) is 1.91. The molecule has 3 N–H and O–H groups in total. The number of hydrogen-bond acceptors (Lipinski definition) is 3. The molecule has 4 nitrogen and oxygen atoms in total. The van der Waals surface area contributed by atoms with E-state index in [2.05, 4.69) is 57.3 Å². The van der Waals surface area contributed by atoms with Crippen molar-refractivity contribution in [1.82, 2.24) is 4.90 Å². The molecule has 19 heavy (non-hydrogen) atoms. The Morgan fingerprint density at radius 3 is 2.58 bits per heavy atom. The summed E-state index contributed by atoms with van der Waals surface area (Å²) in [6, 6.07) is 8.38. The topological polar surface area (TPSA) is 61.8 Å². The zero-order valence-corrected chi connectivity index (χ0v) is 12.7. The molecule has 1 aromatic carbocycles. The van der Waals surface area contributed by atoms with Crippen LogP contribution in [0.1, 0.15) is 24.8 Å². The first-order chi connectivity index (χ1) is 9.03. The van der Waals surface area contributed by atoms with Crippen LogP contribution in [0, 0.1) is 5.41 Å². The maximum absolute atomic E-state index is 8.67. The SMILES string of the molecule is CN(Cc1ccc(Br)cc1)CC1(CC(N)=NO)CC1. The predicted octanol–water partition coefficient (Wildman–Crippen LogP) is 2.80. The molecule has 0 bridgehead atoms. The molecule has 0 atom stereocenters. The van der Waals surface area contributed by atoms with Crippen molar-refractivity contribution in [3.8, 4) is 0 Å². The molecule has 1 aliphatic carbocycles. The lowest BCUT2D eigenvalue weighted by Gasteiger charge is -2.23. The lowest BCUT2D eigenvalue weighted by atomic mass is 10.0. The van der Waals surface area contributed by atoms with Gasteiger partial charge in [0.1, 0.15) is 5.84 Å². The molecule has 1 saturated carbocycles. The summed E-state index contributed by atoms with van der Waals surface area (Å²) >= 11 is 3.44. The molecule has 1 aliphatic rings. The number of amidine groups is 1. The second-order valence-corrected chi connectivity index (χ2v) is 6.48. The third kappa shape index (κ3) is 4.21. The minimum Gasteiger partial charge on any atom is -0.409 e. The van der Waals surface area contributed by atoms with Gasteiger partial charge in [0.2, 0.25) is 0 Å². The van der Waals surface area contributed by atoms with Crippen molar-refractivity contribution in [2.24, 2.45) is 16.3 Å². The third-order valence-electron chi connectivity index (χ3n) is 3.61. The van der Waals surface area contributed by atoms with Gasteiger partial charge in [0, 0.05) is 24.0 Å². The van der Waals surface area contributed by atoms with Gasteiger partial charge in [-0.05, 0) is 43.0 Å². The van der Waals surface area contributed by atoms with E-state index < -0.39 is 0 Å². The molecular weight excluding hydrogens is 306 g/mol. The number of oxime groups is 1. The molecule has 5 heteroatoms. The Hall–Kier alpha value is -1.07. The smallest absolute Gasteiger partial charge is 0.139 e. The van der Waals surface area contributed by atoms with E-state index in [0.29, 0.717) is 12.3 Å². The van der Waals surface area contributed by atoms with Gasteiger partial charge in [-0.15, -0.1) is 0 Å². The molecule has 0 saturated heterocycles. The molecule has 0 amide bonds. The van der Waals surface area contributed by atoms with Crippen molar-refractivity contribution in [3.63, 3.8) is 0 Å². The Kier molecular flexibility index (Phi) is 4.47. The summed E-state index contributed by atoms with van der Waals surface area (Å²) in [5, 5.41) is 11.8. The largest absolute Gasteiger partial charge is 0.409 e. The van der Waals surface area contributed by atoms with Gasteiger partial charge >= 0.3 is 0 Å². The number of halogens is 1. The molecule has 0 unspecified atom stereocenters. The highest BCUT2D eigenvalue weighted by Crippen LogP contribution is 2.49. The maximum Gasteiger partial charge on any atom is 0.139 e. The number of nitrogens with two attached hydrogens (primary N) is 1. The molecule has 0 heterocycles. The molecule has 0 aromatic heterocycles. The average molecular weight is 326 g/mol. The van der Waals surface area contributed by atoms with Gasteiger partial charge in [-0.1, -0.05) is 33.2 Å². The van der Waals surface area contributed by atoms with Crippen LogP contribution in [0.25, 0.3) is 0 Å². The highest BCUT2D eigenvalue weighted by atomic mass is 79.9. The normalized spacial score (nSPS) is 17.7. The first-order valence-corrected chi connectivity index (χ1v) is 7.22. The van der Waals surface area contributed by atoms with Gasteiger partial charge < -0.3 is 15.8 Å². The van der Waals surface area contributed by atoms with Gasteiger partial charge in [-0.25, -0.2) is 0 Å². The van der Waals surface area contributed by atoms with Gasteiger partial charge in [-0.3, -0.25) is 0 Å². The Morgan fingerprint density at radius 1 is 1.42 bits per heavy atom. The van der Waals surface area contributed by atoms with Crippen LogP contribution in [0.2, 0.25) is 0 Å². The van der Waals surface area contributed by atoms with Crippen LogP contribution in [0.4, 0.5) is 0 Å². The molecule has 1 aromatic rings. The van der Waals surface area contributed by atoms with Crippen LogP contribution in [-0.2, 0) is 6.54 Å². The van der Waals surface area contributed by atoms with Crippen molar-refractivity contribution in [3.05, 3.63) is 34.3 Å². The zero-order valence-electron chi connectivity index (χ0n) is 11.1. The number of nitrogens with zero attached hydrogens (tertiary/aromatic N) is 2. The fourth-order valence-corrected chi connectivity index (χ4v) is 2.78. The molecule has 0 radical (unpaired) electrons. The minimum absolute atomic E-state index is 0.223. The summed E-state index contributed by atoms with van der Waals surface area (Å²) in [4.78, 5) is 2.31. The number of hydrogen-bond donors (Lipinski definition) is 2. The van der Waals surface area contributed by atoms with E-state index >= 15 is 0 Å². The summed E-state index contributed by atoms with van der Waals surface area (Å²) in [5.74, 6) is 0.342. The molecule has 0 aliphatic heterocycles. The summed E-state index contributed by atoms with van der Waals surface area (Å²) in [5.41, 5.74) is 7.14. The second kappa shape index (κ2) is 5.92. The minimum atomic E-state index is 0.223. The van der Waals surface area contributed by atoms with Crippen LogP contribution >= 0.6 is 15.9 Å². The molecule has 1 fully saturated rings. The van der Waals surface area contributed by atoms with Crippen LogP contribution in [0.15, 0.2) is 33.9 Å². The van der Waals surface area contributed by atoms with Crippen LogP contribution in [-0.4, -0.2) is 29.5 Å². The quantitative estimate of drug-likeness (QED) is 0.366. The molecular formula is C14H20BrN3O. The molecule has 104 valence electrons. The third-order valence-corrected chi connectivity index (χ3v) is 4.14. The maximum atomic E-state index is 8.67. The Bertz CT molecular complexity index is 454. The standard InChI is InChI=1S/C14H20BrN3O/c1-18(9-11-2-4-12(15)5-3-11)10-14(6-7-14)8-13(16)17-19/h2-5,19H,6-10H2,1H3,(H2,16,17). The fraction of sp³-hybridized carbons (Fsp3) is 0.500. The predicted molar refractivity (Wildman–Crippen MR) is 80.2 cm³/mol. The first-order valence-electron chi connectivity index (χ1n) is 6.42. The van der Waals surface area contributed by atoms with Crippen molar-refractivity contribution in [2.45, 2.75) is 25.8 Å². The average Bonchev–Trinajstić information content (AvgIpc) is 3.11.